The summed E-state index contributed by atoms with van der Waals surface area (Å²) in [6.45, 7) is 5.19. The average molecular weight is 297 g/mol. The standard InChI is InChI=1S/C14H14ClFN2O2/c1-7(2)11-12(15)17-14(20)18(13(11)19)9-5-4-8(3)10(16)6-9/h4-7H,1-3H3,(H,17,20). The van der Waals surface area contributed by atoms with Crippen molar-refractivity contribution in [2.45, 2.75) is 26.7 Å². The van der Waals surface area contributed by atoms with Gasteiger partial charge in [-0.05, 0) is 30.5 Å². The molecule has 0 unspecified atom stereocenters. The molecule has 106 valence electrons. The summed E-state index contributed by atoms with van der Waals surface area (Å²) in [5, 5.41) is 0.0267. The van der Waals surface area contributed by atoms with E-state index >= 15 is 0 Å². The highest BCUT2D eigenvalue weighted by atomic mass is 35.5. The number of H-pyrrole nitrogens is 1. The Kier molecular flexibility index (Phi) is 3.81. The molecule has 2 rings (SSSR count). The molecule has 0 bridgehead atoms. The van der Waals surface area contributed by atoms with Crippen LogP contribution in [0.4, 0.5) is 4.39 Å². The lowest BCUT2D eigenvalue weighted by atomic mass is 10.1. The molecule has 0 aliphatic rings. The van der Waals surface area contributed by atoms with Gasteiger partial charge < -0.3 is 0 Å². The number of hydrogen-bond acceptors (Lipinski definition) is 2. The molecule has 0 radical (unpaired) electrons. The van der Waals surface area contributed by atoms with Crippen molar-refractivity contribution in [3.63, 3.8) is 0 Å². The molecule has 0 fully saturated rings. The number of nitrogens with zero attached hydrogens (tertiary/aromatic N) is 1. The van der Waals surface area contributed by atoms with Crippen molar-refractivity contribution in [2.24, 2.45) is 0 Å². The van der Waals surface area contributed by atoms with Gasteiger partial charge in [0.1, 0.15) is 11.0 Å². The Morgan fingerprint density at radius 1 is 1.30 bits per heavy atom. The summed E-state index contributed by atoms with van der Waals surface area (Å²) in [6.07, 6.45) is 0. The van der Waals surface area contributed by atoms with Crippen LogP contribution in [0.1, 0.15) is 30.9 Å². The van der Waals surface area contributed by atoms with Gasteiger partial charge in [0.25, 0.3) is 5.56 Å². The van der Waals surface area contributed by atoms with Crippen molar-refractivity contribution in [3.05, 3.63) is 61.1 Å². The van der Waals surface area contributed by atoms with E-state index in [2.05, 4.69) is 4.98 Å². The molecule has 0 saturated heterocycles. The molecule has 1 aromatic carbocycles. The van der Waals surface area contributed by atoms with Gasteiger partial charge in [0, 0.05) is 0 Å². The number of rotatable bonds is 2. The minimum Gasteiger partial charge on any atom is -0.297 e. The van der Waals surface area contributed by atoms with Crippen LogP contribution >= 0.6 is 11.6 Å². The highest BCUT2D eigenvalue weighted by molar-refractivity contribution is 6.30. The van der Waals surface area contributed by atoms with Crippen LogP contribution in [0.15, 0.2) is 27.8 Å². The van der Waals surface area contributed by atoms with Gasteiger partial charge in [-0.3, -0.25) is 9.78 Å². The van der Waals surface area contributed by atoms with E-state index in [-0.39, 0.29) is 16.8 Å². The van der Waals surface area contributed by atoms with Gasteiger partial charge in [-0.25, -0.2) is 13.8 Å². The summed E-state index contributed by atoms with van der Waals surface area (Å²) in [5.74, 6) is -0.636. The molecule has 2 aromatic rings. The first-order valence-electron chi connectivity index (χ1n) is 6.14. The molecular weight excluding hydrogens is 283 g/mol. The Morgan fingerprint density at radius 3 is 2.50 bits per heavy atom. The number of halogens is 2. The van der Waals surface area contributed by atoms with Gasteiger partial charge in [0.2, 0.25) is 0 Å². The smallest absolute Gasteiger partial charge is 0.297 e. The molecule has 0 saturated carbocycles. The van der Waals surface area contributed by atoms with Crippen LogP contribution in [0, 0.1) is 12.7 Å². The Bertz CT molecular complexity index is 778. The van der Waals surface area contributed by atoms with Gasteiger partial charge in [-0.1, -0.05) is 31.5 Å². The van der Waals surface area contributed by atoms with Crippen LogP contribution < -0.4 is 11.2 Å². The summed E-state index contributed by atoms with van der Waals surface area (Å²) in [4.78, 5) is 26.7. The minimum absolute atomic E-state index is 0.0267. The van der Waals surface area contributed by atoms with Crippen molar-refractivity contribution in [3.8, 4) is 5.69 Å². The van der Waals surface area contributed by atoms with Crippen LogP contribution in [-0.4, -0.2) is 9.55 Å². The summed E-state index contributed by atoms with van der Waals surface area (Å²) >= 11 is 5.90. The molecule has 20 heavy (non-hydrogen) atoms. The highest BCUT2D eigenvalue weighted by Gasteiger charge is 2.17. The molecule has 1 heterocycles. The Hall–Kier alpha value is -1.88. The molecule has 0 aliphatic carbocycles. The number of hydrogen-bond donors (Lipinski definition) is 1. The molecule has 0 aliphatic heterocycles. The molecule has 1 N–H and O–H groups in total. The third-order valence-corrected chi connectivity index (χ3v) is 3.38. The van der Waals surface area contributed by atoms with E-state index in [1.165, 1.54) is 12.1 Å². The largest absolute Gasteiger partial charge is 0.334 e. The summed E-state index contributed by atoms with van der Waals surface area (Å²) in [6, 6.07) is 4.19. The normalized spacial score (nSPS) is 11.1. The second kappa shape index (κ2) is 5.25. The van der Waals surface area contributed by atoms with Crippen LogP contribution in [0.2, 0.25) is 5.15 Å². The lowest BCUT2D eigenvalue weighted by molar-refractivity contribution is 0.616. The van der Waals surface area contributed by atoms with Crippen molar-refractivity contribution in [1.82, 2.24) is 9.55 Å². The van der Waals surface area contributed by atoms with Gasteiger partial charge in [0.15, 0.2) is 0 Å². The molecule has 0 amide bonds. The Labute approximate surface area is 119 Å². The fraction of sp³-hybridized carbons (Fsp3) is 0.286. The number of benzene rings is 1. The topological polar surface area (TPSA) is 54.9 Å². The van der Waals surface area contributed by atoms with E-state index in [1.54, 1.807) is 20.8 Å². The first-order valence-corrected chi connectivity index (χ1v) is 6.52. The number of nitrogens with one attached hydrogen (secondary N) is 1. The van der Waals surface area contributed by atoms with Gasteiger partial charge >= 0.3 is 5.69 Å². The number of aromatic amines is 1. The summed E-state index contributed by atoms with van der Waals surface area (Å²) in [5.41, 5.74) is -0.300. The average Bonchev–Trinajstić information content (AvgIpc) is 2.32. The van der Waals surface area contributed by atoms with Gasteiger partial charge in [-0.2, -0.15) is 0 Å². The van der Waals surface area contributed by atoms with Crippen molar-refractivity contribution in [2.75, 3.05) is 0 Å². The van der Waals surface area contributed by atoms with E-state index in [9.17, 15) is 14.0 Å². The minimum atomic E-state index is -0.687. The first kappa shape index (κ1) is 14.5. The molecule has 0 spiro atoms. The van der Waals surface area contributed by atoms with Crippen molar-refractivity contribution < 1.29 is 4.39 Å². The predicted octanol–water partition coefficient (Wildman–Crippen LogP) is 2.75. The third-order valence-electron chi connectivity index (χ3n) is 3.08. The third kappa shape index (κ3) is 2.41. The quantitative estimate of drug-likeness (QED) is 0.866. The lowest BCUT2D eigenvalue weighted by Gasteiger charge is -2.11. The summed E-state index contributed by atoms with van der Waals surface area (Å²) in [7, 11) is 0. The van der Waals surface area contributed by atoms with Crippen molar-refractivity contribution in [1.29, 1.82) is 0 Å². The maximum absolute atomic E-state index is 13.6. The Morgan fingerprint density at radius 2 is 1.95 bits per heavy atom. The van der Waals surface area contributed by atoms with E-state index in [0.717, 1.165) is 10.6 Å². The fourth-order valence-corrected chi connectivity index (χ4v) is 2.36. The van der Waals surface area contributed by atoms with E-state index < -0.39 is 17.1 Å². The zero-order valence-corrected chi connectivity index (χ0v) is 12.1. The predicted molar refractivity (Wildman–Crippen MR) is 76.5 cm³/mol. The van der Waals surface area contributed by atoms with Crippen LogP contribution in [-0.2, 0) is 0 Å². The number of aryl methyl sites for hydroxylation is 1. The van der Waals surface area contributed by atoms with Crippen LogP contribution in [0.25, 0.3) is 5.69 Å². The van der Waals surface area contributed by atoms with Gasteiger partial charge in [-0.15, -0.1) is 0 Å². The maximum Gasteiger partial charge on any atom is 0.334 e. The van der Waals surface area contributed by atoms with E-state index in [1.807, 2.05) is 0 Å². The first-order chi connectivity index (χ1) is 9.32. The second-order valence-electron chi connectivity index (χ2n) is 4.89. The molecular formula is C14H14ClFN2O2. The SMILES string of the molecule is Cc1ccc(-n2c(=O)[nH]c(Cl)c(C(C)C)c2=O)cc1F. The van der Waals surface area contributed by atoms with Crippen LogP contribution in [0.3, 0.4) is 0 Å². The van der Waals surface area contributed by atoms with Gasteiger partial charge in [0.05, 0.1) is 11.3 Å². The highest BCUT2D eigenvalue weighted by Crippen LogP contribution is 2.18. The van der Waals surface area contributed by atoms with E-state index in [0.29, 0.717) is 11.1 Å². The zero-order valence-electron chi connectivity index (χ0n) is 11.3. The monoisotopic (exact) mass is 296 g/mol. The Balaban J connectivity index is 2.81. The fourth-order valence-electron chi connectivity index (χ4n) is 1.98. The van der Waals surface area contributed by atoms with Crippen LogP contribution in [0.5, 0.6) is 0 Å². The molecule has 6 heteroatoms. The lowest BCUT2D eigenvalue weighted by Crippen LogP contribution is -2.36. The molecule has 0 atom stereocenters. The zero-order chi connectivity index (χ0) is 15.0. The second-order valence-corrected chi connectivity index (χ2v) is 5.26. The molecule has 4 nitrogen and oxygen atoms in total. The van der Waals surface area contributed by atoms with Crippen molar-refractivity contribution >= 4 is 11.6 Å². The molecule has 1 aromatic heterocycles. The number of aromatic nitrogens is 2. The maximum atomic E-state index is 13.6. The summed E-state index contributed by atoms with van der Waals surface area (Å²) < 4.78 is 14.5. The van der Waals surface area contributed by atoms with E-state index in [4.69, 9.17) is 11.6 Å².